The Hall–Kier alpha value is -1.84. The lowest BCUT2D eigenvalue weighted by atomic mass is 9.96. The SMILES string of the molecule is CCNC(=O)[C@H]1CCCN(C(=O)c2cc(C)cc(C)c2)C1. The minimum Gasteiger partial charge on any atom is -0.356 e. The maximum absolute atomic E-state index is 12.6. The number of nitrogens with one attached hydrogen (secondary N) is 1. The Bertz CT molecular complexity index is 519. The summed E-state index contributed by atoms with van der Waals surface area (Å²) in [6.45, 7) is 7.81. The minimum absolute atomic E-state index is 0.0378. The molecular weight excluding hydrogens is 264 g/mol. The summed E-state index contributed by atoms with van der Waals surface area (Å²) in [5, 5.41) is 2.86. The second-order valence-electron chi connectivity index (χ2n) is 5.86. The van der Waals surface area contributed by atoms with Crippen LogP contribution in [0.3, 0.4) is 0 Å². The van der Waals surface area contributed by atoms with Crippen LogP contribution in [0, 0.1) is 19.8 Å². The molecule has 0 spiro atoms. The summed E-state index contributed by atoms with van der Waals surface area (Å²) >= 11 is 0. The molecule has 1 aromatic rings. The summed E-state index contributed by atoms with van der Waals surface area (Å²) in [5.74, 6) is 0.0276. The smallest absolute Gasteiger partial charge is 0.253 e. The zero-order valence-corrected chi connectivity index (χ0v) is 13.1. The van der Waals surface area contributed by atoms with E-state index in [1.54, 1.807) is 0 Å². The summed E-state index contributed by atoms with van der Waals surface area (Å²) in [6, 6.07) is 5.90. The first-order valence-electron chi connectivity index (χ1n) is 7.66. The summed E-state index contributed by atoms with van der Waals surface area (Å²) in [4.78, 5) is 26.4. The van der Waals surface area contributed by atoms with Gasteiger partial charge in [-0.1, -0.05) is 17.2 Å². The maximum Gasteiger partial charge on any atom is 0.253 e. The van der Waals surface area contributed by atoms with Gasteiger partial charge in [0.25, 0.3) is 5.91 Å². The molecule has 1 N–H and O–H groups in total. The van der Waals surface area contributed by atoms with Crippen molar-refractivity contribution < 1.29 is 9.59 Å². The number of benzene rings is 1. The van der Waals surface area contributed by atoms with Gasteiger partial charge < -0.3 is 10.2 Å². The summed E-state index contributed by atoms with van der Waals surface area (Å²) in [6.07, 6.45) is 1.75. The van der Waals surface area contributed by atoms with E-state index >= 15 is 0 Å². The van der Waals surface area contributed by atoms with E-state index in [2.05, 4.69) is 11.4 Å². The average Bonchev–Trinajstić information content (AvgIpc) is 2.46. The van der Waals surface area contributed by atoms with E-state index < -0.39 is 0 Å². The zero-order chi connectivity index (χ0) is 15.4. The Labute approximate surface area is 126 Å². The quantitative estimate of drug-likeness (QED) is 0.927. The van der Waals surface area contributed by atoms with E-state index in [4.69, 9.17) is 0 Å². The number of aryl methyl sites for hydroxylation is 2. The molecule has 2 rings (SSSR count). The third-order valence-electron chi connectivity index (χ3n) is 3.90. The van der Waals surface area contributed by atoms with Crippen molar-refractivity contribution in [2.45, 2.75) is 33.6 Å². The topological polar surface area (TPSA) is 49.4 Å². The predicted molar refractivity (Wildman–Crippen MR) is 83.2 cm³/mol. The summed E-state index contributed by atoms with van der Waals surface area (Å²) in [7, 11) is 0. The number of likely N-dealkylation sites (tertiary alicyclic amines) is 1. The summed E-state index contributed by atoms with van der Waals surface area (Å²) in [5.41, 5.74) is 2.91. The van der Waals surface area contributed by atoms with Crippen LogP contribution < -0.4 is 5.32 Å². The van der Waals surface area contributed by atoms with Crippen LogP contribution in [-0.4, -0.2) is 36.3 Å². The average molecular weight is 288 g/mol. The van der Waals surface area contributed by atoms with Gasteiger partial charge in [0.2, 0.25) is 5.91 Å². The van der Waals surface area contributed by atoms with E-state index in [1.807, 2.05) is 37.8 Å². The molecule has 0 radical (unpaired) electrons. The molecular formula is C17H24N2O2. The Morgan fingerprint density at radius 1 is 1.24 bits per heavy atom. The lowest BCUT2D eigenvalue weighted by molar-refractivity contribution is -0.126. The molecule has 0 saturated carbocycles. The van der Waals surface area contributed by atoms with Gasteiger partial charge in [0.15, 0.2) is 0 Å². The monoisotopic (exact) mass is 288 g/mol. The van der Waals surface area contributed by atoms with Crippen LogP contribution in [0.25, 0.3) is 0 Å². The van der Waals surface area contributed by atoms with E-state index in [0.29, 0.717) is 13.1 Å². The first kappa shape index (κ1) is 15.5. The van der Waals surface area contributed by atoms with Crippen LogP contribution in [0.15, 0.2) is 18.2 Å². The Kier molecular flexibility index (Phi) is 4.99. The number of carbonyl (C=O) groups excluding carboxylic acids is 2. The number of carbonyl (C=O) groups is 2. The fourth-order valence-corrected chi connectivity index (χ4v) is 2.97. The Balaban J connectivity index is 2.10. The van der Waals surface area contributed by atoms with Crippen LogP contribution in [0.5, 0.6) is 0 Å². The van der Waals surface area contributed by atoms with Crippen LogP contribution in [0.2, 0.25) is 0 Å². The van der Waals surface area contributed by atoms with E-state index in [9.17, 15) is 9.59 Å². The van der Waals surface area contributed by atoms with Gasteiger partial charge in [-0.15, -0.1) is 0 Å². The van der Waals surface area contributed by atoms with E-state index in [1.165, 1.54) is 0 Å². The molecule has 0 bridgehead atoms. The van der Waals surface area contributed by atoms with Gasteiger partial charge in [-0.25, -0.2) is 0 Å². The largest absolute Gasteiger partial charge is 0.356 e. The second kappa shape index (κ2) is 6.74. The fraction of sp³-hybridized carbons (Fsp3) is 0.529. The number of hydrogen-bond acceptors (Lipinski definition) is 2. The lowest BCUT2D eigenvalue weighted by Crippen LogP contribution is -2.45. The molecule has 2 amide bonds. The van der Waals surface area contributed by atoms with Gasteiger partial charge in [0.1, 0.15) is 0 Å². The molecule has 0 aromatic heterocycles. The van der Waals surface area contributed by atoms with Crippen LogP contribution in [-0.2, 0) is 4.79 Å². The van der Waals surface area contributed by atoms with Gasteiger partial charge in [-0.05, 0) is 45.7 Å². The predicted octanol–water partition coefficient (Wildman–Crippen LogP) is 2.29. The highest BCUT2D eigenvalue weighted by atomic mass is 16.2. The Morgan fingerprint density at radius 2 is 1.90 bits per heavy atom. The minimum atomic E-state index is -0.0754. The maximum atomic E-state index is 12.6. The molecule has 4 nitrogen and oxygen atoms in total. The van der Waals surface area contributed by atoms with Crippen LogP contribution >= 0.6 is 0 Å². The molecule has 1 aliphatic heterocycles. The number of piperidine rings is 1. The van der Waals surface area contributed by atoms with Gasteiger partial charge >= 0.3 is 0 Å². The van der Waals surface area contributed by atoms with Crippen molar-refractivity contribution in [2.75, 3.05) is 19.6 Å². The standard InChI is InChI=1S/C17H24N2O2/c1-4-18-16(20)14-6-5-7-19(11-14)17(21)15-9-12(2)8-13(3)10-15/h8-10,14H,4-7,11H2,1-3H3,(H,18,20)/t14-/m0/s1. The van der Waals surface area contributed by atoms with Crippen molar-refractivity contribution >= 4 is 11.8 Å². The van der Waals surface area contributed by atoms with Crippen molar-refractivity contribution in [1.29, 1.82) is 0 Å². The third kappa shape index (κ3) is 3.84. The first-order chi connectivity index (χ1) is 10.0. The molecule has 1 atom stereocenters. The molecule has 0 unspecified atom stereocenters. The summed E-state index contributed by atoms with van der Waals surface area (Å²) < 4.78 is 0. The molecule has 0 aliphatic carbocycles. The van der Waals surface area contributed by atoms with Crippen molar-refractivity contribution in [2.24, 2.45) is 5.92 Å². The van der Waals surface area contributed by atoms with Crippen LogP contribution in [0.4, 0.5) is 0 Å². The highest BCUT2D eigenvalue weighted by Gasteiger charge is 2.28. The molecule has 1 fully saturated rings. The van der Waals surface area contributed by atoms with E-state index in [-0.39, 0.29) is 17.7 Å². The van der Waals surface area contributed by atoms with Gasteiger partial charge in [-0.2, -0.15) is 0 Å². The van der Waals surface area contributed by atoms with Crippen molar-refractivity contribution in [3.8, 4) is 0 Å². The van der Waals surface area contributed by atoms with Crippen LogP contribution in [0.1, 0.15) is 41.3 Å². The number of amides is 2. The van der Waals surface area contributed by atoms with Gasteiger partial charge in [0, 0.05) is 25.2 Å². The molecule has 21 heavy (non-hydrogen) atoms. The second-order valence-corrected chi connectivity index (χ2v) is 5.86. The van der Waals surface area contributed by atoms with E-state index in [0.717, 1.165) is 36.1 Å². The lowest BCUT2D eigenvalue weighted by Gasteiger charge is -2.32. The van der Waals surface area contributed by atoms with Crippen molar-refractivity contribution in [3.63, 3.8) is 0 Å². The molecule has 114 valence electrons. The molecule has 1 aliphatic rings. The zero-order valence-electron chi connectivity index (χ0n) is 13.1. The molecule has 4 heteroatoms. The molecule has 1 aromatic carbocycles. The van der Waals surface area contributed by atoms with Gasteiger partial charge in [0.05, 0.1) is 5.92 Å². The number of rotatable bonds is 3. The normalized spacial score (nSPS) is 18.4. The highest BCUT2D eigenvalue weighted by Crippen LogP contribution is 2.20. The first-order valence-corrected chi connectivity index (χ1v) is 7.66. The van der Waals surface area contributed by atoms with Gasteiger partial charge in [-0.3, -0.25) is 9.59 Å². The van der Waals surface area contributed by atoms with Crippen molar-refractivity contribution in [3.05, 3.63) is 34.9 Å². The number of nitrogens with zero attached hydrogens (tertiary/aromatic N) is 1. The number of hydrogen-bond donors (Lipinski definition) is 1. The highest BCUT2D eigenvalue weighted by molar-refractivity contribution is 5.95. The fourth-order valence-electron chi connectivity index (χ4n) is 2.97. The Morgan fingerprint density at radius 3 is 2.52 bits per heavy atom. The third-order valence-corrected chi connectivity index (χ3v) is 3.90. The van der Waals surface area contributed by atoms with Crippen molar-refractivity contribution in [1.82, 2.24) is 10.2 Å². The molecule has 1 saturated heterocycles. The molecule has 1 heterocycles.